The van der Waals surface area contributed by atoms with E-state index in [1.807, 2.05) is 0 Å². The molecule has 0 unspecified atom stereocenters. The Morgan fingerprint density at radius 3 is 2.06 bits per heavy atom. The Balaban J connectivity index is 2.65. The lowest BCUT2D eigenvalue weighted by molar-refractivity contribution is 0.0790. The lowest BCUT2D eigenvalue weighted by Gasteiger charge is -2.36. The van der Waals surface area contributed by atoms with Crippen molar-refractivity contribution in [2.24, 2.45) is 5.41 Å². The second-order valence-electron chi connectivity index (χ2n) is 6.40. The molecule has 0 heterocycles. The molecule has 1 saturated carbocycles. The van der Waals surface area contributed by atoms with Gasteiger partial charge in [-0.05, 0) is 45.4 Å². The van der Waals surface area contributed by atoms with Crippen molar-refractivity contribution in [1.29, 1.82) is 0 Å². The van der Waals surface area contributed by atoms with Gasteiger partial charge in [0, 0.05) is 6.61 Å². The van der Waals surface area contributed by atoms with Crippen LogP contribution < -0.4 is 0 Å². The molecule has 17 heavy (non-hydrogen) atoms. The summed E-state index contributed by atoms with van der Waals surface area (Å²) < 4.78 is 23.5. The topological polar surface area (TPSA) is 54.4 Å². The molecule has 102 valence electrons. The summed E-state index contributed by atoms with van der Waals surface area (Å²) in [7, 11) is -3.06. The summed E-state index contributed by atoms with van der Waals surface area (Å²) in [6.45, 7) is 5.37. The third kappa shape index (κ3) is 3.68. The number of aliphatic hydroxyl groups excluding tert-OH is 1. The van der Waals surface area contributed by atoms with Gasteiger partial charge in [-0.15, -0.1) is 0 Å². The number of aliphatic hydroxyl groups is 1. The van der Waals surface area contributed by atoms with Crippen LogP contribution in [0.4, 0.5) is 0 Å². The average Bonchev–Trinajstić information content (AvgIpc) is 2.26. The van der Waals surface area contributed by atoms with Crippen molar-refractivity contribution < 1.29 is 13.5 Å². The van der Waals surface area contributed by atoms with Gasteiger partial charge in [-0.2, -0.15) is 0 Å². The monoisotopic (exact) mass is 262 g/mol. The Hall–Kier alpha value is -0.0900. The largest absolute Gasteiger partial charge is 0.396 e. The number of sulfone groups is 1. The minimum Gasteiger partial charge on any atom is -0.396 e. The fraction of sp³-hybridized carbons (Fsp3) is 1.00. The molecule has 0 aromatic heterocycles. The van der Waals surface area contributed by atoms with E-state index >= 15 is 0 Å². The normalized spacial score (nSPS) is 21.4. The van der Waals surface area contributed by atoms with E-state index in [-0.39, 0.29) is 17.8 Å². The first kappa shape index (κ1) is 15.0. The van der Waals surface area contributed by atoms with Gasteiger partial charge in [0.15, 0.2) is 9.84 Å². The molecule has 0 aromatic rings. The fourth-order valence-corrected chi connectivity index (χ4v) is 3.76. The molecule has 1 aliphatic rings. The van der Waals surface area contributed by atoms with E-state index in [0.29, 0.717) is 6.42 Å². The molecule has 1 fully saturated rings. The minimum atomic E-state index is -3.06. The zero-order valence-corrected chi connectivity index (χ0v) is 12.1. The van der Waals surface area contributed by atoms with Crippen LogP contribution in [0, 0.1) is 5.41 Å². The van der Waals surface area contributed by atoms with Crippen molar-refractivity contribution >= 4 is 9.84 Å². The van der Waals surface area contributed by atoms with Gasteiger partial charge in [-0.1, -0.05) is 19.3 Å². The summed E-state index contributed by atoms with van der Waals surface area (Å²) in [6.07, 6.45) is 6.02. The molecule has 0 spiro atoms. The van der Waals surface area contributed by atoms with Gasteiger partial charge in [-0.25, -0.2) is 8.42 Å². The Morgan fingerprint density at radius 2 is 1.65 bits per heavy atom. The molecule has 1 N–H and O–H groups in total. The van der Waals surface area contributed by atoms with Gasteiger partial charge in [0.2, 0.25) is 0 Å². The lowest BCUT2D eigenvalue weighted by Crippen LogP contribution is -2.35. The number of rotatable bonds is 4. The van der Waals surface area contributed by atoms with E-state index in [0.717, 1.165) is 25.7 Å². The lowest BCUT2D eigenvalue weighted by atomic mass is 9.73. The van der Waals surface area contributed by atoms with Gasteiger partial charge in [0.25, 0.3) is 0 Å². The minimum absolute atomic E-state index is 0.128. The molecule has 0 atom stereocenters. The van der Waals surface area contributed by atoms with E-state index in [9.17, 15) is 13.5 Å². The van der Waals surface area contributed by atoms with Crippen LogP contribution in [0.5, 0.6) is 0 Å². The Bertz CT molecular complexity index is 332. The van der Waals surface area contributed by atoms with Crippen LogP contribution in [0.15, 0.2) is 0 Å². The van der Waals surface area contributed by atoms with Crippen molar-refractivity contribution in [1.82, 2.24) is 0 Å². The quantitative estimate of drug-likeness (QED) is 0.847. The van der Waals surface area contributed by atoms with Crippen LogP contribution in [-0.4, -0.2) is 30.6 Å². The fourth-order valence-electron chi connectivity index (χ4n) is 2.45. The van der Waals surface area contributed by atoms with Crippen LogP contribution in [0.1, 0.15) is 59.3 Å². The second kappa shape index (κ2) is 5.27. The van der Waals surface area contributed by atoms with Crippen LogP contribution >= 0.6 is 0 Å². The summed E-state index contributed by atoms with van der Waals surface area (Å²) in [6, 6.07) is 0. The molecule has 0 amide bonds. The number of hydrogen-bond acceptors (Lipinski definition) is 3. The van der Waals surface area contributed by atoms with E-state index in [4.69, 9.17) is 0 Å². The highest BCUT2D eigenvalue weighted by molar-refractivity contribution is 7.92. The maximum Gasteiger partial charge on any atom is 0.155 e. The SMILES string of the molecule is CC(C)(C)S(=O)(=O)CCC1(CO)CCCCC1. The van der Waals surface area contributed by atoms with Crippen molar-refractivity contribution in [3.8, 4) is 0 Å². The highest BCUT2D eigenvalue weighted by atomic mass is 32.2. The predicted octanol–water partition coefficient (Wildman–Crippen LogP) is 2.53. The molecule has 1 rings (SSSR count). The predicted molar refractivity (Wildman–Crippen MR) is 70.8 cm³/mol. The molecule has 3 nitrogen and oxygen atoms in total. The third-order valence-electron chi connectivity index (χ3n) is 4.08. The maximum absolute atomic E-state index is 12.1. The average molecular weight is 262 g/mol. The van der Waals surface area contributed by atoms with E-state index < -0.39 is 14.6 Å². The smallest absolute Gasteiger partial charge is 0.155 e. The maximum atomic E-state index is 12.1. The molecule has 0 radical (unpaired) electrons. The molecule has 0 saturated heterocycles. The zero-order valence-electron chi connectivity index (χ0n) is 11.3. The van der Waals surface area contributed by atoms with Crippen molar-refractivity contribution in [2.45, 2.75) is 64.0 Å². The molecule has 0 aromatic carbocycles. The van der Waals surface area contributed by atoms with Crippen molar-refractivity contribution in [2.75, 3.05) is 12.4 Å². The Kier molecular flexibility index (Phi) is 4.64. The van der Waals surface area contributed by atoms with Gasteiger partial charge >= 0.3 is 0 Å². The summed E-state index contributed by atoms with van der Waals surface area (Å²) in [5.41, 5.74) is -0.128. The van der Waals surface area contributed by atoms with Gasteiger partial charge in [0.05, 0.1) is 10.5 Å². The highest BCUT2D eigenvalue weighted by Crippen LogP contribution is 2.39. The van der Waals surface area contributed by atoms with Crippen molar-refractivity contribution in [3.05, 3.63) is 0 Å². The van der Waals surface area contributed by atoms with Crippen LogP contribution in [0.3, 0.4) is 0 Å². The van der Waals surface area contributed by atoms with E-state index in [1.54, 1.807) is 20.8 Å². The van der Waals surface area contributed by atoms with Gasteiger partial charge in [-0.3, -0.25) is 0 Å². The van der Waals surface area contributed by atoms with E-state index in [2.05, 4.69) is 0 Å². The summed E-state index contributed by atoms with van der Waals surface area (Å²) >= 11 is 0. The Morgan fingerprint density at radius 1 is 1.12 bits per heavy atom. The summed E-state index contributed by atoms with van der Waals surface area (Å²) in [5, 5.41) is 9.55. The van der Waals surface area contributed by atoms with Crippen LogP contribution in [0.2, 0.25) is 0 Å². The van der Waals surface area contributed by atoms with Gasteiger partial charge < -0.3 is 5.11 Å². The van der Waals surface area contributed by atoms with E-state index in [1.165, 1.54) is 6.42 Å². The van der Waals surface area contributed by atoms with Crippen LogP contribution in [0.25, 0.3) is 0 Å². The Labute approximate surface area is 106 Å². The molecule has 1 aliphatic carbocycles. The zero-order chi connectivity index (χ0) is 13.2. The molecule has 0 aliphatic heterocycles. The number of hydrogen-bond donors (Lipinski definition) is 1. The van der Waals surface area contributed by atoms with Crippen LogP contribution in [-0.2, 0) is 9.84 Å². The molecule has 0 bridgehead atoms. The summed E-state index contributed by atoms with van der Waals surface area (Å²) in [4.78, 5) is 0. The van der Waals surface area contributed by atoms with Crippen molar-refractivity contribution in [3.63, 3.8) is 0 Å². The molecular formula is C13H26O3S. The standard InChI is InChI=1S/C13H26O3S/c1-12(2,3)17(15,16)10-9-13(11-14)7-5-4-6-8-13/h14H,4-11H2,1-3H3. The molecule has 4 heteroatoms. The van der Waals surface area contributed by atoms with Gasteiger partial charge in [0.1, 0.15) is 0 Å². The highest BCUT2D eigenvalue weighted by Gasteiger charge is 2.35. The first-order valence-electron chi connectivity index (χ1n) is 6.56. The third-order valence-corrected chi connectivity index (χ3v) is 6.69. The summed E-state index contributed by atoms with van der Waals surface area (Å²) in [5.74, 6) is 0.205. The second-order valence-corrected chi connectivity index (χ2v) is 9.26. The molecular weight excluding hydrogens is 236 g/mol. The first-order chi connectivity index (χ1) is 7.72. The first-order valence-corrected chi connectivity index (χ1v) is 8.21.